The summed E-state index contributed by atoms with van der Waals surface area (Å²) >= 11 is 0. The van der Waals surface area contributed by atoms with E-state index in [0.717, 1.165) is 12.8 Å². The molecule has 21 heavy (non-hydrogen) atoms. The first-order chi connectivity index (χ1) is 9.85. The highest BCUT2D eigenvalue weighted by Crippen LogP contribution is 2.14. The molecule has 0 rings (SSSR count). The summed E-state index contributed by atoms with van der Waals surface area (Å²) in [4.78, 5) is 11.5. The number of unbranched alkanes of at least 4 members (excludes halogenated alkanes) is 8. The fourth-order valence-electron chi connectivity index (χ4n) is 2.37. The number of aliphatic hydroxyl groups excluding tert-OH is 1. The second-order valence-corrected chi connectivity index (χ2v) is 7.06. The van der Waals surface area contributed by atoms with Crippen molar-refractivity contribution in [3.05, 3.63) is 0 Å². The molecule has 1 N–H and O–H groups in total. The van der Waals surface area contributed by atoms with Gasteiger partial charge in [0.2, 0.25) is 0 Å². The molecule has 0 aliphatic heterocycles. The maximum Gasteiger partial charge on any atom is 0.308 e. The fourth-order valence-corrected chi connectivity index (χ4v) is 2.37. The molecule has 0 radical (unpaired) electrons. The molecule has 0 fully saturated rings. The highest BCUT2D eigenvalue weighted by Gasteiger charge is 2.18. The molecule has 0 bridgehead atoms. The van der Waals surface area contributed by atoms with Crippen LogP contribution >= 0.6 is 0 Å². The van der Waals surface area contributed by atoms with Crippen LogP contribution in [0.4, 0.5) is 0 Å². The molecule has 3 heteroatoms. The second-order valence-electron chi connectivity index (χ2n) is 7.06. The Balaban J connectivity index is 3.41. The van der Waals surface area contributed by atoms with Gasteiger partial charge in [0.25, 0.3) is 0 Å². The van der Waals surface area contributed by atoms with Crippen LogP contribution in [0.2, 0.25) is 0 Å². The Morgan fingerprint density at radius 1 is 0.952 bits per heavy atom. The van der Waals surface area contributed by atoms with Gasteiger partial charge in [-0.3, -0.25) is 4.79 Å². The Hall–Kier alpha value is -0.570. The lowest BCUT2D eigenvalue weighted by Gasteiger charge is -2.20. The molecular weight excluding hydrogens is 264 g/mol. The van der Waals surface area contributed by atoms with Gasteiger partial charge in [0.1, 0.15) is 5.60 Å². The minimum absolute atomic E-state index is 0.119. The Labute approximate surface area is 131 Å². The lowest BCUT2D eigenvalue weighted by Crippen LogP contribution is -2.26. The number of carbonyl (C=O) groups is 1. The minimum atomic E-state index is -0.551. The van der Waals surface area contributed by atoms with Crippen molar-refractivity contribution in [3.8, 4) is 0 Å². The molecule has 0 amide bonds. The van der Waals surface area contributed by atoms with Crippen molar-refractivity contribution in [1.82, 2.24) is 0 Å². The summed E-state index contributed by atoms with van der Waals surface area (Å²) in [5, 5.41) is 9.82. The average molecular weight is 300 g/mol. The van der Waals surface area contributed by atoms with Crippen molar-refractivity contribution in [2.24, 2.45) is 0 Å². The normalized spacial score (nSPS) is 13.2. The smallest absolute Gasteiger partial charge is 0.308 e. The van der Waals surface area contributed by atoms with Crippen LogP contribution in [0.15, 0.2) is 0 Å². The van der Waals surface area contributed by atoms with E-state index in [1.165, 1.54) is 44.9 Å². The predicted octanol–water partition coefficient (Wildman–Crippen LogP) is 5.00. The molecule has 0 saturated heterocycles. The third-order valence-corrected chi connectivity index (χ3v) is 3.46. The van der Waals surface area contributed by atoms with E-state index in [1.807, 2.05) is 20.8 Å². The van der Waals surface area contributed by atoms with Crippen LogP contribution in [0, 0.1) is 0 Å². The van der Waals surface area contributed by atoms with E-state index in [0.29, 0.717) is 6.42 Å². The maximum atomic E-state index is 11.5. The van der Waals surface area contributed by atoms with E-state index >= 15 is 0 Å². The van der Waals surface area contributed by atoms with Gasteiger partial charge in [-0.25, -0.2) is 0 Å². The van der Waals surface area contributed by atoms with Gasteiger partial charge in [0, 0.05) is 0 Å². The van der Waals surface area contributed by atoms with E-state index in [4.69, 9.17) is 4.74 Å². The highest BCUT2D eigenvalue weighted by molar-refractivity contribution is 5.70. The molecule has 0 spiro atoms. The largest absolute Gasteiger partial charge is 0.460 e. The summed E-state index contributed by atoms with van der Waals surface area (Å²) in [6, 6.07) is 0. The number of esters is 1. The third-order valence-electron chi connectivity index (χ3n) is 3.46. The van der Waals surface area contributed by atoms with Crippen LogP contribution in [0.5, 0.6) is 0 Å². The fraction of sp³-hybridized carbons (Fsp3) is 0.944. The Kier molecular flexibility index (Phi) is 11.7. The number of aliphatic hydroxyl groups is 1. The van der Waals surface area contributed by atoms with E-state index in [1.54, 1.807) is 0 Å². The number of hydrogen-bond donors (Lipinski definition) is 1. The quantitative estimate of drug-likeness (QED) is 0.407. The first kappa shape index (κ1) is 20.4. The topological polar surface area (TPSA) is 46.5 Å². The molecule has 0 aliphatic rings. The molecular formula is C18H36O3. The van der Waals surface area contributed by atoms with Crippen LogP contribution in [0.3, 0.4) is 0 Å². The van der Waals surface area contributed by atoms with E-state index in [9.17, 15) is 9.90 Å². The van der Waals surface area contributed by atoms with Gasteiger partial charge in [-0.15, -0.1) is 0 Å². The Morgan fingerprint density at radius 3 is 1.90 bits per heavy atom. The molecule has 0 unspecified atom stereocenters. The van der Waals surface area contributed by atoms with Crippen molar-refractivity contribution in [2.45, 2.75) is 110 Å². The number of rotatable bonds is 12. The van der Waals surface area contributed by atoms with Crippen LogP contribution < -0.4 is 0 Å². The summed E-state index contributed by atoms with van der Waals surface area (Å²) in [6.45, 7) is 7.77. The molecule has 126 valence electrons. The van der Waals surface area contributed by atoms with Gasteiger partial charge in [0.05, 0.1) is 12.5 Å². The summed E-state index contributed by atoms with van der Waals surface area (Å²) < 4.78 is 5.20. The molecule has 0 aliphatic carbocycles. The first-order valence-corrected chi connectivity index (χ1v) is 8.75. The summed E-state index contributed by atoms with van der Waals surface area (Å²) in [5.41, 5.74) is -0.464. The molecule has 3 nitrogen and oxygen atoms in total. The first-order valence-electron chi connectivity index (χ1n) is 8.75. The SMILES string of the molecule is CCCCCCCCCCC[C@@H](O)CC(=O)OC(C)(C)C. The van der Waals surface area contributed by atoms with E-state index < -0.39 is 11.7 Å². The summed E-state index contributed by atoms with van der Waals surface area (Å²) in [5.74, 6) is -0.300. The van der Waals surface area contributed by atoms with E-state index in [-0.39, 0.29) is 12.4 Å². The molecule has 1 atom stereocenters. The zero-order valence-corrected chi connectivity index (χ0v) is 14.6. The van der Waals surface area contributed by atoms with Crippen molar-refractivity contribution in [1.29, 1.82) is 0 Å². The predicted molar refractivity (Wildman–Crippen MR) is 88.3 cm³/mol. The van der Waals surface area contributed by atoms with Gasteiger partial charge < -0.3 is 9.84 Å². The third kappa shape index (κ3) is 15.6. The summed E-state index contributed by atoms with van der Waals surface area (Å²) in [6.07, 6.45) is 11.7. The molecule has 0 aromatic carbocycles. The second kappa shape index (κ2) is 12.0. The van der Waals surface area contributed by atoms with E-state index in [2.05, 4.69) is 6.92 Å². The van der Waals surface area contributed by atoms with Gasteiger partial charge in [0.15, 0.2) is 0 Å². The lowest BCUT2D eigenvalue weighted by atomic mass is 10.0. The monoisotopic (exact) mass is 300 g/mol. The van der Waals surface area contributed by atoms with Crippen molar-refractivity contribution in [2.75, 3.05) is 0 Å². The Morgan fingerprint density at radius 2 is 1.43 bits per heavy atom. The highest BCUT2D eigenvalue weighted by atomic mass is 16.6. The van der Waals surface area contributed by atoms with Crippen molar-refractivity contribution >= 4 is 5.97 Å². The molecule has 0 saturated carbocycles. The van der Waals surface area contributed by atoms with Crippen LogP contribution in [0.1, 0.15) is 98.3 Å². The molecule has 0 aromatic rings. The number of hydrogen-bond acceptors (Lipinski definition) is 3. The zero-order chi connectivity index (χ0) is 16.1. The van der Waals surface area contributed by atoms with Crippen molar-refractivity contribution in [3.63, 3.8) is 0 Å². The zero-order valence-electron chi connectivity index (χ0n) is 14.6. The van der Waals surface area contributed by atoms with Gasteiger partial charge in [-0.05, 0) is 27.2 Å². The standard InChI is InChI=1S/C18H36O3/c1-5-6-7-8-9-10-11-12-13-14-16(19)15-17(20)21-18(2,3)4/h16,19H,5-15H2,1-4H3/t16-/m1/s1. The van der Waals surface area contributed by atoms with Gasteiger partial charge >= 0.3 is 5.97 Å². The summed E-state index contributed by atoms with van der Waals surface area (Å²) in [7, 11) is 0. The van der Waals surface area contributed by atoms with Gasteiger partial charge in [-0.2, -0.15) is 0 Å². The average Bonchev–Trinajstić information content (AvgIpc) is 2.34. The number of ether oxygens (including phenoxy) is 1. The molecule has 0 aromatic heterocycles. The Bertz CT molecular complexity index is 256. The van der Waals surface area contributed by atoms with Crippen LogP contribution in [-0.4, -0.2) is 22.8 Å². The lowest BCUT2D eigenvalue weighted by molar-refractivity contribution is -0.157. The number of carbonyl (C=O) groups excluding carboxylic acids is 1. The van der Waals surface area contributed by atoms with Crippen LogP contribution in [-0.2, 0) is 9.53 Å². The van der Waals surface area contributed by atoms with Crippen molar-refractivity contribution < 1.29 is 14.6 Å². The minimum Gasteiger partial charge on any atom is -0.460 e. The van der Waals surface area contributed by atoms with Gasteiger partial charge in [-0.1, -0.05) is 64.7 Å². The van der Waals surface area contributed by atoms with Crippen LogP contribution in [0.25, 0.3) is 0 Å². The maximum absolute atomic E-state index is 11.5. The molecule has 0 heterocycles.